The van der Waals surface area contributed by atoms with Crippen LogP contribution in [0.2, 0.25) is 0 Å². The molecule has 0 unspecified atom stereocenters. The summed E-state index contributed by atoms with van der Waals surface area (Å²) >= 11 is 0. The van der Waals surface area contributed by atoms with E-state index in [1.54, 1.807) is 12.3 Å². The molecule has 0 aromatic carbocycles. The monoisotopic (exact) mass is 288 g/mol. The second kappa shape index (κ2) is 7.04. The maximum atomic E-state index is 11.3. The second-order valence-electron chi connectivity index (χ2n) is 5.17. The first-order chi connectivity index (χ1) is 10.1. The zero-order valence-corrected chi connectivity index (χ0v) is 12.5. The average molecular weight is 288 g/mol. The van der Waals surface area contributed by atoms with Crippen LogP contribution in [0.25, 0.3) is 0 Å². The Bertz CT molecular complexity index is 515. The standard InChI is InChI=1S/C15H20N4O2/c1-12(9-15(20)21-2)18-5-7-19(8-6-18)14-4-3-13(10-16)11-17-14/h3-4,11-12H,5-9H2,1-2H3/t12-/m0/s1. The summed E-state index contributed by atoms with van der Waals surface area (Å²) in [5.74, 6) is 0.730. The van der Waals surface area contributed by atoms with Gasteiger partial charge in [0.05, 0.1) is 19.1 Å². The van der Waals surface area contributed by atoms with Crippen LogP contribution in [0.3, 0.4) is 0 Å². The van der Waals surface area contributed by atoms with Crippen molar-refractivity contribution in [3.8, 4) is 6.07 Å². The number of carbonyl (C=O) groups is 1. The Labute approximate surface area is 124 Å². The van der Waals surface area contributed by atoms with Gasteiger partial charge in [-0.3, -0.25) is 9.69 Å². The molecule has 0 amide bonds. The van der Waals surface area contributed by atoms with Crippen LogP contribution in [0.4, 0.5) is 5.82 Å². The number of ether oxygens (including phenoxy) is 1. The van der Waals surface area contributed by atoms with Crippen LogP contribution in [0, 0.1) is 11.3 Å². The third kappa shape index (κ3) is 3.92. The van der Waals surface area contributed by atoms with Gasteiger partial charge in [0.2, 0.25) is 0 Å². The lowest BCUT2D eigenvalue weighted by atomic mass is 10.1. The van der Waals surface area contributed by atoms with E-state index in [1.165, 1.54) is 7.11 Å². The molecule has 0 spiro atoms. The maximum Gasteiger partial charge on any atom is 0.307 e. The van der Waals surface area contributed by atoms with Gasteiger partial charge in [-0.15, -0.1) is 0 Å². The summed E-state index contributed by atoms with van der Waals surface area (Å²) < 4.78 is 4.71. The third-order valence-corrected chi connectivity index (χ3v) is 3.83. The third-order valence-electron chi connectivity index (χ3n) is 3.83. The highest BCUT2D eigenvalue weighted by Gasteiger charge is 2.23. The van der Waals surface area contributed by atoms with Crippen molar-refractivity contribution in [2.45, 2.75) is 19.4 Å². The van der Waals surface area contributed by atoms with Crippen LogP contribution in [0.15, 0.2) is 18.3 Å². The first-order valence-electron chi connectivity index (χ1n) is 7.06. The molecule has 2 heterocycles. The molecule has 1 saturated heterocycles. The Hall–Kier alpha value is -2.13. The number of aromatic nitrogens is 1. The number of esters is 1. The number of nitriles is 1. The SMILES string of the molecule is COC(=O)C[C@H](C)N1CCN(c2ccc(C#N)cn2)CC1. The van der Waals surface area contributed by atoms with Crippen LogP contribution in [-0.2, 0) is 9.53 Å². The molecule has 112 valence electrons. The number of hydrogen-bond donors (Lipinski definition) is 0. The molecule has 1 atom stereocenters. The van der Waals surface area contributed by atoms with E-state index in [2.05, 4.69) is 20.9 Å². The van der Waals surface area contributed by atoms with Crippen molar-refractivity contribution in [2.75, 3.05) is 38.2 Å². The van der Waals surface area contributed by atoms with Crippen LogP contribution < -0.4 is 4.90 Å². The van der Waals surface area contributed by atoms with E-state index in [4.69, 9.17) is 10.00 Å². The molecule has 0 bridgehead atoms. The average Bonchev–Trinajstić information content (AvgIpc) is 2.55. The largest absolute Gasteiger partial charge is 0.469 e. The van der Waals surface area contributed by atoms with Crippen LogP contribution >= 0.6 is 0 Å². The Morgan fingerprint density at radius 3 is 2.67 bits per heavy atom. The Morgan fingerprint density at radius 2 is 2.14 bits per heavy atom. The normalized spacial score (nSPS) is 17.1. The van der Waals surface area contributed by atoms with Crippen LogP contribution in [0.1, 0.15) is 18.9 Å². The van der Waals surface area contributed by atoms with Crippen molar-refractivity contribution in [3.05, 3.63) is 23.9 Å². The quantitative estimate of drug-likeness (QED) is 0.771. The van der Waals surface area contributed by atoms with Crippen molar-refractivity contribution >= 4 is 11.8 Å². The van der Waals surface area contributed by atoms with Gasteiger partial charge in [-0.2, -0.15) is 5.26 Å². The van der Waals surface area contributed by atoms with Crippen molar-refractivity contribution in [2.24, 2.45) is 0 Å². The van der Waals surface area contributed by atoms with E-state index < -0.39 is 0 Å². The first-order valence-corrected chi connectivity index (χ1v) is 7.06. The number of anilines is 1. The van der Waals surface area contributed by atoms with E-state index in [1.807, 2.05) is 13.0 Å². The zero-order valence-electron chi connectivity index (χ0n) is 12.5. The number of hydrogen-bond acceptors (Lipinski definition) is 6. The van der Waals surface area contributed by atoms with Gasteiger partial charge in [-0.1, -0.05) is 0 Å². The van der Waals surface area contributed by atoms with Gasteiger partial charge in [-0.05, 0) is 19.1 Å². The molecule has 1 aromatic rings. The number of pyridine rings is 1. The minimum absolute atomic E-state index is 0.168. The van der Waals surface area contributed by atoms with Gasteiger partial charge in [-0.25, -0.2) is 4.98 Å². The van der Waals surface area contributed by atoms with Gasteiger partial charge >= 0.3 is 5.97 Å². The molecule has 1 aliphatic rings. The lowest BCUT2D eigenvalue weighted by molar-refractivity contribution is -0.141. The number of nitrogens with zero attached hydrogens (tertiary/aromatic N) is 4. The lowest BCUT2D eigenvalue weighted by Crippen LogP contribution is -2.50. The van der Waals surface area contributed by atoms with Crippen molar-refractivity contribution in [1.82, 2.24) is 9.88 Å². The van der Waals surface area contributed by atoms with E-state index in [0.717, 1.165) is 32.0 Å². The summed E-state index contributed by atoms with van der Waals surface area (Å²) in [6.07, 6.45) is 2.02. The molecule has 2 rings (SSSR count). The highest BCUT2D eigenvalue weighted by atomic mass is 16.5. The van der Waals surface area contributed by atoms with Crippen molar-refractivity contribution < 1.29 is 9.53 Å². The fraction of sp³-hybridized carbons (Fsp3) is 0.533. The molecule has 6 nitrogen and oxygen atoms in total. The lowest BCUT2D eigenvalue weighted by Gasteiger charge is -2.38. The van der Waals surface area contributed by atoms with Gasteiger partial charge < -0.3 is 9.64 Å². The zero-order chi connectivity index (χ0) is 15.2. The van der Waals surface area contributed by atoms with Crippen LogP contribution in [-0.4, -0.2) is 55.2 Å². The number of carbonyl (C=O) groups excluding carboxylic acids is 1. The molecular formula is C15H20N4O2. The number of methoxy groups -OCH3 is 1. The van der Waals surface area contributed by atoms with E-state index in [-0.39, 0.29) is 12.0 Å². The summed E-state index contributed by atoms with van der Waals surface area (Å²) in [7, 11) is 1.42. The summed E-state index contributed by atoms with van der Waals surface area (Å²) in [5, 5.41) is 8.78. The fourth-order valence-electron chi connectivity index (χ4n) is 2.48. The molecule has 1 aromatic heterocycles. The van der Waals surface area contributed by atoms with Crippen molar-refractivity contribution in [3.63, 3.8) is 0 Å². The van der Waals surface area contributed by atoms with Gasteiger partial charge in [0.15, 0.2) is 0 Å². The smallest absolute Gasteiger partial charge is 0.307 e. The summed E-state index contributed by atoms with van der Waals surface area (Å²) in [6, 6.07) is 5.93. The number of rotatable bonds is 4. The fourth-order valence-corrected chi connectivity index (χ4v) is 2.48. The van der Waals surface area contributed by atoms with E-state index in [9.17, 15) is 4.79 Å². The van der Waals surface area contributed by atoms with Crippen LogP contribution in [0.5, 0.6) is 0 Å². The first kappa shape index (κ1) is 15.3. The molecule has 0 saturated carbocycles. The molecule has 1 aliphatic heterocycles. The Balaban J connectivity index is 1.87. The molecule has 1 fully saturated rings. The molecule has 0 aliphatic carbocycles. The van der Waals surface area contributed by atoms with Gasteiger partial charge in [0.1, 0.15) is 11.9 Å². The summed E-state index contributed by atoms with van der Waals surface area (Å²) in [5.41, 5.74) is 0.573. The van der Waals surface area contributed by atoms with E-state index >= 15 is 0 Å². The predicted octanol–water partition coefficient (Wildman–Crippen LogP) is 1.03. The summed E-state index contributed by atoms with van der Waals surface area (Å²) in [6.45, 7) is 5.56. The Morgan fingerprint density at radius 1 is 1.43 bits per heavy atom. The minimum atomic E-state index is -0.168. The molecular weight excluding hydrogens is 268 g/mol. The van der Waals surface area contributed by atoms with Crippen molar-refractivity contribution in [1.29, 1.82) is 5.26 Å². The molecule has 0 radical (unpaired) electrons. The number of piperazine rings is 1. The predicted molar refractivity (Wildman–Crippen MR) is 78.8 cm³/mol. The topological polar surface area (TPSA) is 69.5 Å². The second-order valence-corrected chi connectivity index (χ2v) is 5.17. The highest BCUT2D eigenvalue weighted by molar-refractivity contribution is 5.69. The summed E-state index contributed by atoms with van der Waals surface area (Å²) in [4.78, 5) is 20.1. The highest BCUT2D eigenvalue weighted by Crippen LogP contribution is 2.16. The maximum absolute atomic E-state index is 11.3. The van der Waals surface area contributed by atoms with Gasteiger partial charge in [0, 0.05) is 38.4 Å². The molecule has 0 N–H and O–H groups in total. The Kier molecular flexibility index (Phi) is 5.12. The molecule has 6 heteroatoms. The molecule has 21 heavy (non-hydrogen) atoms. The van der Waals surface area contributed by atoms with E-state index in [0.29, 0.717) is 12.0 Å². The van der Waals surface area contributed by atoms with Gasteiger partial charge in [0.25, 0.3) is 0 Å². The minimum Gasteiger partial charge on any atom is -0.469 e.